The molecule has 0 saturated heterocycles. The fourth-order valence-electron chi connectivity index (χ4n) is 1.29. The number of hydrogen-bond acceptors (Lipinski definition) is 1. The van der Waals surface area contributed by atoms with Gasteiger partial charge in [-0.1, -0.05) is 60.7 Å². The van der Waals surface area contributed by atoms with Crippen LogP contribution in [0.5, 0.6) is 0 Å². The molecule has 0 saturated carbocycles. The van der Waals surface area contributed by atoms with Crippen LogP contribution >= 0.6 is 33.0 Å². The third kappa shape index (κ3) is 5.48. The van der Waals surface area contributed by atoms with E-state index in [0.29, 0.717) is 0 Å². The van der Waals surface area contributed by atoms with Crippen molar-refractivity contribution >= 4 is 43.6 Å². The zero-order chi connectivity index (χ0) is 9.80. The van der Waals surface area contributed by atoms with Crippen molar-refractivity contribution in [2.45, 2.75) is 0 Å². The van der Waals surface area contributed by atoms with E-state index in [4.69, 9.17) is 0 Å². The maximum atomic E-state index is 10.1. The molecule has 1 radical (unpaired) electrons. The Morgan fingerprint density at radius 3 is 1.24 bits per heavy atom. The van der Waals surface area contributed by atoms with Crippen molar-refractivity contribution in [3.8, 4) is 0 Å². The third-order valence-corrected chi connectivity index (χ3v) is 3.58. The molecule has 0 spiro atoms. The summed E-state index contributed by atoms with van der Waals surface area (Å²) in [4.78, 5) is 10.1. The molecule has 0 atom stereocenters. The van der Waals surface area contributed by atoms with E-state index in [1.807, 2.05) is 60.7 Å². The molecular formula is C12H13Cl2IrOP. The number of benzene rings is 2. The average molecular weight is 467 g/mol. The van der Waals surface area contributed by atoms with E-state index < -0.39 is 8.15 Å². The van der Waals surface area contributed by atoms with Crippen LogP contribution in [0.15, 0.2) is 60.7 Å². The molecule has 0 aliphatic heterocycles. The number of rotatable bonds is 2. The first kappa shape index (κ1) is 19.4. The Balaban J connectivity index is 0. The number of hydrogen-bond donors (Lipinski definition) is 1. The van der Waals surface area contributed by atoms with Crippen molar-refractivity contribution in [3.63, 3.8) is 0 Å². The SMILES string of the molecule is Cl.Cl.OP(c1ccccc1)c1ccccc1.[Ir]. The van der Waals surface area contributed by atoms with E-state index in [2.05, 4.69) is 0 Å². The average Bonchev–Trinajstić information content (AvgIpc) is 2.30. The van der Waals surface area contributed by atoms with Crippen LogP contribution < -0.4 is 10.6 Å². The Labute approximate surface area is 129 Å². The van der Waals surface area contributed by atoms with Gasteiger partial charge in [0.1, 0.15) is 0 Å². The molecule has 0 heterocycles. The summed E-state index contributed by atoms with van der Waals surface area (Å²) in [6, 6.07) is 19.5. The van der Waals surface area contributed by atoms with Crippen molar-refractivity contribution < 1.29 is 25.0 Å². The molecule has 0 bridgehead atoms. The van der Waals surface area contributed by atoms with E-state index in [-0.39, 0.29) is 44.9 Å². The van der Waals surface area contributed by atoms with Crippen LogP contribution in [0.25, 0.3) is 0 Å². The summed E-state index contributed by atoms with van der Waals surface area (Å²) in [6.45, 7) is 0. The molecule has 2 aromatic carbocycles. The van der Waals surface area contributed by atoms with E-state index in [1.165, 1.54) is 0 Å². The fraction of sp³-hybridized carbons (Fsp3) is 0. The van der Waals surface area contributed by atoms with Crippen LogP contribution in [0.1, 0.15) is 0 Å². The Morgan fingerprint density at radius 1 is 0.647 bits per heavy atom. The van der Waals surface area contributed by atoms with Crippen molar-refractivity contribution in [3.05, 3.63) is 60.7 Å². The molecule has 17 heavy (non-hydrogen) atoms. The van der Waals surface area contributed by atoms with Gasteiger partial charge >= 0.3 is 0 Å². The Bertz CT molecular complexity index is 360. The predicted molar refractivity (Wildman–Crippen MR) is 75.8 cm³/mol. The Morgan fingerprint density at radius 2 is 0.941 bits per heavy atom. The van der Waals surface area contributed by atoms with Crippen LogP contribution in [0.2, 0.25) is 0 Å². The predicted octanol–water partition coefficient (Wildman–Crippen LogP) is 2.87. The molecule has 2 rings (SSSR count). The summed E-state index contributed by atoms with van der Waals surface area (Å²) in [5, 5.41) is 1.99. The maximum Gasteiger partial charge on any atom is 0.0877 e. The van der Waals surface area contributed by atoms with Crippen molar-refractivity contribution in [2.75, 3.05) is 0 Å². The van der Waals surface area contributed by atoms with Gasteiger partial charge in [0.05, 0.1) is 8.15 Å². The van der Waals surface area contributed by atoms with E-state index >= 15 is 0 Å². The molecule has 1 nitrogen and oxygen atoms in total. The van der Waals surface area contributed by atoms with Gasteiger partial charge in [0.25, 0.3) is 0 Å². The largest absolute Gasteiger partial charge is 0.364 e. The molecule has 0 unspecified atom stereocenters. The van der Waals surface area contributed by atoms with E-state index in [0.717, 1.165) is 10.6 Å². The van der Waals surface area contributed by atoms with Gasteiger partial charge in [0.2, 0.25) is 0 Å². The first-order valence-corrected chi connectivity index (χ1v) is 5.76. The summed E-state index contributed by atoms with van der Waals surface area (Å²) in [6.07, 6.45) is 0. The van der Waals surface area contributed by atoms with Crippen molar-refractivity contribution in [1.82, 2.24) is 0 Å². The maximum absolute atomic E-state index is 10.1. The summed E-state index contributed by atoms with van der Waals surface area (Å²) >= 11 is 0. The molecule has 0 aliphatic rings. The first-order chi connectivity index (χ1) is 6.88. The minimum absolute atomic E-state index is 0. The van der Waals surface area contributed by atoms with Gasteiger partial charge in [0, 0.05) is 30.7 Å². The third-order valence-electron chi connectivity index (χ3n) is 2.00. The first-order valence-electron chi connectivity index (χ1n) is 4.47. The second-order valence-electron chi connectivity index (χ2n) is 2.98. The molecular weight excluding hydrogens is 454 g/mol. The monoisotopic (exact) mass is 467 g/mol. The van der Waals surface area contributed by atoms with Crippen LogP contribution in [0, 0.1) is 0 Å². The van der Waals surface area contributed by atoms with Crippen molar-refractivity contribution in [2.24, 2.45) is 0 Å². The minimum Gasteiger partial charge on any atom is -0.364 e. The Hall–Kier alpha value is 0.0594. The zero-order valence-corrected chi connectivity index (χ0v) is 13.7. The minimum atomic E-state index is -1.17. The molecule has 95 valence electrons. The van der Waals surface area contributed by atoms with Gasteiger partial charge in [-0.15, -0.1) is 24.8 Å². The molecule has 0 fully saturated rings. The van der Waals surface area contributed by atoms with Gasteiger partial charge in [-0.3, -0.25) is 0 Å². The molecule has 5 heteroatoms. The van der Waals surface area contributed by atoms with Gasteiger partial charge in [0.15, 0.2) is 0 Å². The van der Waals surface area contributed by atoms with E-state index in [9.17, 15) is 4.89 Å². The summed E-state index contributed by atoms with van der Waals surface area (Å²) in [7, 11) is -1.17. The Kier molecular flexibility index (Phi) is 11.4. The summed E-state index contributed by atoms with van der Waals surface area (Å²) in [5.74, 6) is 0. The zero-order valence-electron chi connectivity index (χ0n) is 8.82. The van der Waals surface area contributed by atoms with Crippen molar-refractivity contribution in [1.29, 1.82) is 0 Å². The quantitative estimate of drug-likeness (QED) is 0.674. The molecule has 0 amide bonds. The van der Waals surface area contributed by atoms with Gasteiger partial charge in [-0.05, 0) is 0 Å². The van der Waals surface area contributed by atoms with Gasteiger partial charge in [-0.2, -0.15) is 0 Å². The van der Waals surface area contributed by atoms with Crippen LogP contribution in [0.4, 0.5) is 0 Å². The normalized spacial score (nSPS) is 8.59. The molecule has 0 aromatic heterocycles. The second-order valence-corrected chi connectivity index (χ2v) is 4.64. The number of halogens is 2. The summed E-state index contributed by atoms with van der Waals surface area (Å²) < 4.78 is 0. The van der Waals surface area contributed by atoms with Crippen LogP contribution in [0.3, 0.4) is 0 Å². The van der Waals surface area contributed by atoms with Crippen LogP contribution in [-0.2, 0) is 20.1 Å². The molecule has 0 aliphatic carbocycles. The topological polar surface area (TPSA) is 20.2 Å². The van der Waals surface area contributed by atoms with E-state index in [1.54, 1.807) is 0 Å². The summed E-state index contributed by atoms with van der Waals surface area (Å²) in [5.41, 5.74) is 0. The van der Waals surface area contributed by atoms with Gasteiger partial charge in [-0.25, -0.2) is 0 Å². The van der Waals surface area contributed by atoms with Crippen LogP contribution in [-0.4, -0.2) is 4.89 Å². The second kappa shape index (κ2) is 10.0. The molecule has 2 aromatic rings. The van der Waals surface area contributed by atoms with Gasteiger partial charge < -0.3 is 4.89 Å². The standard InChI is InChI=1S/C12H11OP.2ClH.Ir/c13-14(11-7-3-1-4-8-11)12-9-5-2-6-10-12;;;/h1-10,13H;2*1H;. The fourth-order valence-corrected chi connectivity index (χ4v) is 2.49. The smallest absolute Gasteiger partial charge is 0.0877 e. The molecule has 1 N–H and O–H groups in total.